The summed E-state index contributed by atoms with van der Waals surface area (Å²) in [7, 11) is 0. The van der Waals surface area contributed by atoms with Crippen LogP contribution < -0.4 is 0 Å². The fraction of sp³-hybridized carbons (Fsp3) is 0.438. The molecule has 1 saturated heterocycles. The van der Waals surface area contributed by atoms with Gasteiger partial charge in [0.1, 0.15) is 12.2 Å². The molecule has 0 spiro atoms. The Hall–Kier alpha value is -1.53. The van der Waals surface area contributed by atoms with E-state index >= 15 is 0 Å². The Morgan fingerprint density at radius 1 is 1.10 bits per heavy atom. The molecule has 0 radical (unpaired) electrons. The third-order valence-electron chi connectivity index (χ3n) is 3.55. The number of rotatable bonds is 2. The second-order valence-electron chi connectivity index (χ2n) is 5.64. The molecule has 0 bridgehead atoms. The van der Waals surface area contributed by atoms with Gasteiger partial charge in [-0.15, -0.1) is 0 Å². The molecule has 1 unspecified atom stereocenters. The largest absolute Gasteiger partial charge is 0.365 e. The molecule has 0 saturated carbocycles. The van der Waals surface area contributed by atoms with E-state index in [2.05, 4.69) is 0 Å². The SMILES string of the molecule is CC1(C)O[C@@H]([C@@H]2OC(O)C=CC2=O)[C@H](c2ccccc2)O1. The standard InChI is InChI=1S/C16H18O5/c1-16(2)20-13(10-6-4-3-5-7-10)15(21-16)14-11(17)8-9-12(18)19-14/h3-9,12-15,18H,1-2H3/t12?,13-,14+,15+/m0/s1. The molecule has 2 heterocycles. The lowest BCUT2D eigenvalue weighted by Crippen LogP contribution is -2.43. The van der Waals surface area contributed by atoms with Crippen LogP contribution in [0, 0.1) is 0 Å². The van der Waals surface area contributed by atoms with Crippen LogP contribution >= 0.6 is 0 Å². The predicted molar refractivity (Wildman–Crippen MR) is 74.2 cm³/mol. The van der Waals surface area contributed by atoms with E-state index in [1.807, 2.05) is 30.3 Å². The third kappa shape index (κ3) is 2.91. The van der Waals surface area contributed by atoms with E-state index in [4.69, 9.17) is 14.2 Å². The van der Waals surface area contributed by atoms with Gasteiger partial charge in [0.05, 0.1) is 0 Å². The molecule has 5 heteroatoms. The number of carbonyl (C=O) groups is 1. The van der Waals surface area contributed by atoms with E-state index in [9.17, 15) is 9.90 Å². The zero-order valence-electron chi connectivity index (χ0n) is 11.9. The Morgan fingerprint density at radius 3 is 2.52 bits per heavy atom. The quantitative estimate of drug-likeness (QED) is 0.898. The number of hydrogen-bond donors (Lipinski definition) is 1. The van der Waals surface area contributed by atoms with Gasteiger partial charge in [-0.2, -0.15) is 0 Å². The molecule has 112 valence electrons. The van der Waals surface area contributed by atoms with Crippen LogP contribution in [-0.2, 0) is 19.0 Å². The Morgan fingerprint density at radius 2 is 1.81 bits per heavy atom. The molecule has 3 rings (SSSR count). The normalized spacial score (nSPS) is 35.1. The number of benzene rings is 1. The smallest absolute Gasteiger partial charge is 0.187 e. The molecule has 5 nitrogen and oxygen atoms in total. The van der Waals surface area contributed by atoms with Crippen LogP contribution in [0.15, 0.2) is 42.5 Å². The maximum atomic E-state index is 12.1. The van der Waals surface area contributed by atoms with Crippen LogP contribution in [0.25, 0.3) is 0 Å². The van der Waals surface area contributed by atoms with Crippen LogP contribution in [0.4, 0.5) is 0 Å². The van der Waals surface area contributed by atoms with Crippen LogP contribution in [0.5, 0.6) is 0 Å². The van der Waals surface area contributed by atoms with Crippen molar-refractivity contribution in [2.24, 2.45) is 0 Å². The first-order valence-corrected chi connectivity index (χ1v) is 6.92. The van der Waals surface area contributed by atoms with Gasteiger partial charge in [-0.1, -0.05) is 30.3 Å². The van der Waals surface area contributed by atoms with Crippen molar-refractivity contribution in [2.75, 3.05) is 0 Å². The summed E-state index contributed by atoms with van der Waals surface area (Å²) in [6.45, 7) is 3.59. The zero-order valence-corrected chi connectivity index (χ0v) is 11.9. The molecule has 0 aromatic heterocycles. The molecule has 0 amide bonds. The highest BCUT2D eigenvalue weighted by Crippen LogP contribution is 2.41. The number of aliphatic hydroxyl groups excluding tert-OH is 1. The lowest BCUT2D eigenvalue weighted by atomic mass is 9.97. The Balaban J connectivity index is 1.91. The first kappa shape index (κ1) is 14.4. The number of ether oxygens (including phenoxy) is 3. The highest BCUT2D eigenvalue weighted by molar-refractivity contribution is 5.94. The molecule has 1 aromatic carbocycles. The van der Waals surface area contributed by atoms with Crippen LogP contribution in [0.3, 0.4) is 0 Å². The van der Waals surface area contributed by atoms with Crippen molar-refractivity contribution in [2.45, 2.75) is 44.2 Å². The first-order valence-electron chi connectivity index (χ1n) is 6.92. The van der Waals surface area contributed by atoms with Crippen molar-refractivity contribution in [3.05, 3.63) is 48.0 Å². The van der Waals surface area contributed by atoms with Gasteiger partial charge in [-0.25, -0.2) is 0 Å². The average Bonchev–Trinajstić information content (AvgIpc) is 2.78. The molecule has 4 atom stereocenters. The highest BCUT2D eigenvalue weighted by atomic mass is 16.8. The molecule has 21 heavy (non-hydrogen) atoms. The average molecular weight is 290 g/mol. The minimum absolute atomic E-state index is 0.229. The summed E-state index contributed by atoms with van der Waals surface area (Å²) >= 11 is 0. The van der Waals surface area contributed by atoms with E-state index < -0.39 is 30.4 Å². The van der Waals surface area contributed by atoms with Crippen LogP contribution in [-0.4, -0.2) is 35.2 Å². The summed E-state index contributed by atoms with van der Waals surface area (Å²) in [5.41, 5.74) is 0.911. The highest BCUT2D eigenvalue weighted by Gasteiger charge is 2.49. The Kier molecular flexibility index (Phi) is 3.67. The van der Waals surface area contributed by atoms with E-state index in [-0.39, 0.29) is 5.78 Å². The fourth-order valence-corrected chi connectivity index (χ4v) is 2.69. The molecule has 0 aliphatic carbocycles. The van der Waals surface area contributed by atoms with Crippen molar-refractivity contribution in [1.82, 2.24) is 0 Å². The van der Waals surface area contributed by atoms with Gasteiger partial charge in [0, 0.05) is 0 Å². The molecule has 2 aliphatic heterocycles. The number of ketones is 1. The second kappa shape index (κ2) is 5.35. The zero-order chi connectivity index (χ0) is 15.0. The van der Waals surface area contributed by atoms with Crippen LogP contribution in [0.2, 0.25) is 0 Å². The lowest BCUT2D eigenvalue weighted by Gasteiger charge is -2.28. The monoisotopic (exact) mass is 290 g/mol. The van der Waals surface area contributed by atoms with Crippen molar-refractivity contribution in [3.63, 3.8) is 0 Å². The van der Waals surface area contributed by atoms with Gasteiger partial charge in [-0.3, -0.25) is 4.79 Å². The minimum Gasteiger partial charge on any atom is -0.365 e. The van der Waals surface area contributed by atoms with Gasteiger partial charge >= 0.3 is 0 Å². The molecule has 2 aliphatic rings. The Labute approximate surface area is 123 Å². The van der Waals surface area contributed by atoms with Gasteiger partial charge < -0.3 is 19.3 Å². The summed E-state index contributed by atoms with van der Waals surface area (Å²) in [6, 6.07) is 9.55. The second-order valence-corrected chi connectivity index (χ2v) is 5.64. The van der Waals surface area contributed by atoms with Gasteiger partial charge in [0.2, 0.25) is 0 Å². The topological polar surface area (TPSA) is 65.0 Å². The van der Waals surface area contributed by atoms with Gasteiger partial charge in [0.25, 0.3) is 0 Å². The Bertz CT molecular complexity index is 551. The minimum atomic E-state index is -1.10. The maximum absolute atomic E-state index is 12.1. The molecule has 1 N–H and O–H groups in total. The summed E-state index contributed by atoms with van der Waals surface area (Å²) in [5.74, 6) is -1.05. The van der Waals surface area contributed by atoms with E-state index in [1.165, 1.54) is 12.2 Å². The predicted octanol–water partition coefficient (Wildman–Crippen LogP) is 1.72. The van der Waals surface area contributed by atoms with E-state index in [1.54, 1.807) is 13.8 Å². The molecular weight excluding hydrogens is 272 g/mol. The lowest BCUT2D eigenvalue weighted by molar-refractivity contribution is -0.185. The summed E-state index contributed by atoms with van der Waals surface area (Å²) in [5, 5.41) is 9.59. The van der Waals surface area contributed by atoms with Crippen molar-refractivity contribution >= 4 is 5.78 Å². The number of hydrogen-bond acceptors (Lipinski definition) is 5. The number of aliphatic hydroxyl groups is 1. The van der Waals surface area contributed by atoms with Gasteiger partial charge in [0.15, 0.2) is 24.0 Å². The summed E-state index contributed by atoms with van der Waals surface area (Å²) < 4.78 is 17.1. The van der Waals surface area contributed by atoms with E-state index in [0.29, 0.717) is 0 Å². The summed E-state index contributed by atoms with van der Waals surface area (Å²) in [4.78, 5) is 12.1. The van der Waals surface area contributed by atoms with E-state index in [0.717, 1.165) is 5.56 Å². The fourth-order valence-electron chi connectivity index (χ4n) is 2.69. The van der Waals surface area contributed by atoms with Crippen molar-refractivity contribution in [1.29, 1.82) is 0 Å². The summed E-state index contributed by atoms with van der Waals surface area (Å²) in [6.07, 6.45) is -0.357. The molecule has 1 fully saturated rings. The van der Waals surface area contributed by atoms with Crippen molar-refractivity contribution in [3.8, 4) is 0 Å². The molecule has 1 aromatic rings. The van der Waals surface area contributed by atoms with Gasteiger partial charge in [-0.05, 0) is 31.6 Å². The van der Waals surface area contributed by atoms with Crippen LogP contribution in [0.1, 0.15) is 25.5 Å². The van der Waals surface area contributed by atoms with Crippen molar-refractivity contribution < 1.29 is 24.1 Å². The first-order chi connectivity index (χ1) is 9.96. The molecular formula is C16H18O5. The maximum Gasteiger partial charge on any atom is 0.187 e. The third-order valence-corrected chi connectivity index (χ3v) is 3.55. The number of carbonyl (C=O) groups excluding carboxylic acids is 1.